The average molecular weight is 575 g/mol. The zero-order chi connectivity index (χ0) is 23.4. The molecule has 1 fully saturated rings. The number of piperidine rings is 1. The predicted molar refractivity (Wildman–Crippen MR) is 142 cm³/mol. The molecule has 7 nitrogen and oxygen atoms in total. The number of aromatic nitrogens is 4. The number of nitrogens with zero attached hydrogens (tertiary/aromatic N) is 5. The van der Waals surface area contributed by atoms with Gasteiger partial charge in [0.1, 0.15) is 16.9 Å². The number of nitrogen functional groups attached to an aromatic ring is 1. The number of hydrogen-bond donors (Lipinski definition) is 2. The summed E-state index contributed by atoms with van der Waals surface area (Å²) in [5, 5.41) is 0.440. The molecule has 174 valence electrons. The molecule has 1 spiro atoms. The molecule has 4 N–H and O–H groups in total. The van der Waals surface area contributed by atoms with E-state index in [0.717, 1.165) is 63.5 Å². The second-order valence-corrected chi connectivity index (χ2v) is 11.8. The van der Waals surface area contributed by atoms with Crippen molar-refractivity contribution < 1.29 is 0 Å². The maximum atomic E-state index is 6.80. The SMILES string of the molecule is Nc1nccc(Sc2cnc(N3CCC4(CC3)Cc3ccc(Br)cc3[C@H]4N)c3nsnc23)c1Cl. The third-order valence-corrected chi connectivity index (χ3v) is 9.65. The summed E-state index contributed by atoms with van der Waals surface area (Å²) in [5.41, 5.74) is 17.1. The normalized spacial score (nSPS) is 19.1. The molecule has 1 atom stereocenters. The molecule has 4 heterocycles. The quantitative estimate of drug-likeness (QED) is 0.332. The molecule has 0 unspecified atom stereocenters. The zero-order valence-electron chi connectivity index (χ0n) is 18.0. The highest BCUT2D eigenvalue weighted by Crippen LogP contribution is 2.52. The Morgan fingerprint density at radius 1 is 1.12 bits per heavy atom. The van der Waals surface area contributed by atoms with Crippen molar-refractivity contribution in [3.8, 4) is 0 Å². The fourth-order valence-electron chi connectivity index (χ4n) is 5.17. The molecule has 0 amide bonds. The molecule has 4 aromatic rings. The van der Waals surface area contributed by atoms with Gasteiger partial charge < -0.3 is 16.4 Å². The number of rotatable bonds is 3. The Kier molecular flexibility index (Phi) is 5.69. The van der Waals surface area contributed by atoms with Crippen LogP contribution in [0.2, 0.25) is 5.02 Å². The van der Waals surface area contributed by atoms with Gasteiger partial charge in [-0.05, 0) is 54.0 Å². The Morgan fingerprint density at radius 3 is 2.74 bits per heavy atom. The van der Waals surface area contributed by atoms with Crippen molar-refractivity contribution in [2.45, 2.75) is 35.1 Å². The Hall–Kier alpha value is -1.98. The van der Waals surface area contributed by atoms with Crippen molar-refractivity contribution >= 4 is 73.7 Å². The minimum Gasteiger partial charge on any atom is -0.382 e. The molecular formula is C23H21BrClN7S2. The second kappa shape index (κ2) is 8.60. The first-order valence-corrected chi connectivity index (χ1v) is 13.6. The van der Waals surface area contributed by atoms with E-state index >= 15 is 0 Å². The zero-order valence-corrected chi connectivity index (χ0v) is 22.0. The van der Waals surface area contributed by atoms with Gasteiger partial charge in [0.25, 0.3) is 0 Å². The number of benzene rings is 1. The molecule has 2 aliphatic rings. The Balaban J connectivity index is 1.25. The Bertz CT molecular complexity index is 1400. The summed E-state index contributed by atoms with van der Waals surface area (Å²) in [7, 11) is 0. The maximum Gasteiger partial charge on any atom is 0.158 e. The summed E-state index contributed by atoms with van der Waals surface area (Å²) in [5.74, 6) is 1.20. The molecule has 1 aliphatic heterocycles. The van der Waals surface area contributed by atoms with E-state index in [9.17, 15) is 0 Å². The monoisotopic (exact) mass is 573 g/mol. The summed E-state index contributed by atoms with van der Waals surface area (Å²) in [6.07, 6.45) is 6.58. The number of anilines is 2. The fraction of sp³-hybridized carbons (Fsp3) is 0.304. The summed E-state index contributed by atoms with van der Waals surface area (Å²) in [4.78, 5) is 12.9. The maximum absolute atomic E-state index is 6.80. The Morgan fingerprint density at radius 2 is 1.91 bits per heavy atom. The van der Waals surface area contributed by atoms with E-state index in [0.29, 0.717) is 10.8 Å². The van der Waals surface area contributed by atoms with E-state index in [1.54, 1.807) is 6.20 Å². The topological polar surface area (TPSA) is 107 Å². The van der Waals surface area contributed by atoms with Crippen molar-refractivity contribution in [2.24, 2.45) is 11.1 Å². The number of fused-ring (bicyclic) bond motifs is 2. The van der Waals surface area contributed by atoms with Crippen molar-refractivity contribution in [3.05, 3.63) is 57.3 Å². The molecule has 1 aromatic carbocycles. The molecule has 1 aliphatic carbocycles. The standard InChI is InChI=1S/C23H21BrClN7S2/c24-13-2-1-12-10-23(20(26)14(12)9-13)4-7-32(8-5-23)22-19-18(30-34-31-19)16(11-29-22)33-15-3-6-28-21(27)17(15)25/h1-3,6,9,11,20H,4-5,7-8,10,26H2,(H2,27,28)/t20-/m1/s1. The van der Waals surface area contributed by atoms with Crippen LogP contribution in [0.1, 0.15) is 30.0 Å². The highest BCUT2D eigenvalue weighted by atomic mass is 79.9. The van der Waals surface area contributed by atoms with Crippen molar-refractivity contribution in [1.82, 2.24) is 18.7 Å². The van der Waals surface area contributed by atoms with Crippen LogP contribution in [0.4, 0.5) is 11.6 Å². The van der Waals surface area contributed by atoms with Crippen LogP contribution in [-0.4, -0.2) is 31.8 Å². The van der Waals surface area contributed by atoms with Gasteiger partial charge >= 0.3 is 0 Å². The third kappa shape index (κ3) is 3.67. The van der Waals surface area contributed by atoms with Gasteiger partial charge in [-0.15, -0.1) is 0 Å². The van der Waals surface area contributed by atoms with Gasteiger partial charge in [0.15, 0.2) is 5.82 Å². The number of hydrogen-bond acceptors (Lipinski definition) is 9. The molecule has 1 saturated heterocycles. The highest BCUT2D eigenvalue weighted by Gasteiger charge is 2.46. The summed E-state index contributed by atoms with van der Waals surface area (Å²) >= 11 is 12.6. The largest absolute Gasteiger partial charge is 0.382 e. The van der Waals surface area contributed by atoms with E-state index in [-0.39, 0.29) is 11.5 Å². The van der Waals surface area contributed by atoms with E-state index < -0.39 is 0 Å². The average Bonchev–Trinajstić information content (AvgIpc) is 3.43. The van der Waals surface area contributed by atoms with Crippen LogP contribution in [0.3, 0.4) is 0 Å². The van der Waals surface area contributed by atoms with Gasteiger partial charge in [-0.1, -0.05) is 45.4 Å². The molecular weight excluding hydrogens is 554 g/mol. The highest BCUT2D eigenvalue weighted by molar-refractivity contribution is 9.10. The smallest absolute Gasteiger partial charge is 0.158 e. The lowest BCUT2D eigenvalue weighted by Crippen LogP contribution is -2.44. The predicted octanol–water partition coefficient (Wildman–Crippen LogP) is 5.47. The van der Waals surface area contributed by atoms with Crippen molar-refractivity contribution in [1.29, 1.82) is 0 Å². The van der Waals surface area contributed by atoms with E-state index in [4.69, 9.17) is 28.1 Å². The van der Waals surface area contributed by atoms with Gasteiger partial charge in [-0.2, -0.15) is 8.75 Å². The van der Waals surface area contributed by atoms with Crippen LogP contribution in [0.15, 0.2) is 50.9 Å². The van der Waals surface area contributed by atoms with Crippen LogP contribution in [0, 0.1) is 5.41 Å². The summed E-state index contributed by atoms with van der Waals surface area (Å²) in [6, 6.07) is 8.42. The van der Waals surface area contributed by atoms with Crippen molar-refractivity contribution in [2.75, 3.05) is 23.7 Å². The number of nitrogens with two attached hydrogens (primary N) is 2. The number of halogens is 2. The van der Waals surface area contributed by atoms with E-state index in [2.05, 4.69) is 52.8 Å². The molecule has 11 heteroatoms. The second-order valence-electron chi connectivity index (χ2n) is 8.86. The minimum absolute atomic E-state index is 0.0624. The summed E-state index contributed by atoms with van der Waals surface area (Å²) < 4.78 is 10.3. The fourth-order valence-corrected chi connectivity index (χ4v) is 7.30. The molecule has 3 aromatic heterocycles. The lowest BCUT2D eigenvalue weighted by atomic mass is 9.73. The van der Waals surface area contributed by atoms with Crippen LogP contribution in [0.25, 0.3) is 11.0 Å². The first-order valence-electron chi connectivity index (χ1n) is 10.9. The van der Waals surface area contributed by atoms with Crippen molar-refractivity contribution in [3.63, 3.8) is 0 Å². The van der Waals surface area contributed by atoms with Crippen LogP contribution >= 0.6 is 51.0 Å². The molecule has 0 radical (unpaired) electrons. The summed E-state index contributed by atoms with van der Waals surface area (Å²) in [6.45, 7) is 1.78. The molecule has 0 bridgehead atoms. The van der Waals surface area contributed by atoms with Gasteiger partial charge in [0, 0.05) is 40.9 Å². The molecule has 34 heavy (non-hydrogen) atoms. The molecule has 0 saturated carbocycles. The number of pyridine rings is 2. The lowest BCUT2D eigenvalue weighted by molar-refractivity contribution is 0.187. The van der Waals surface area contributed by atoms with E-state index in [1.807, 2.05) is 12.3 Å². The first kappa shape index (κ1) is 22.5. The lowest BCUT2D eigenvalue weighted by Gasteiger charge is -2.42. The van der Waals surface area contributed by atoms with Crippen LogP contribution < -0.4 is 16.4 Å². The van der Waals surface area contributed by atoms with Gasteiger partial charge in [-0.25, -0.2) is 9.97 Å². The third-order valence-electron chi connectivity index (χ3n) is 7.04. The Labute approximate surface area is 218 Å². The van der Waals surface area contributed by atoms with Gasteiger partial charge in [0.2, 0.25) is 0 Å². The minimum atomic E-state index is 0.0624. The van der Waals surface area contributed by atoms with Gasteiger partial charge in [-0.3, -0.25) is 0 Å². The first-order chi connectivity index (χ1) is 16.4. The van der Waals surface area contributed by atoms with E-state index in [1.165, 1.54) is 34.6 Å². The van der Waals surface area contributed by atoms with Crippen LogP contribution in [0.5, 0.6) is 0 Å². The molecule has 6 rings (SSSR count). The van der Waals surface area contributed by atoms with Crippen LogP contribution in [-0.2, 0) is 6.42 Å². The van der Waals surface area contributed by atoms with Gasteiger partial charge in [0.05, 0.1) is 21.6 Å².